The van der Waals surface area contributed by atoms with Crippen LogP contribution in [0.2, 0.25) is 0 Å². The number of nitrogens with two attached hydrogens (primary N) is 2. The molecule has 0 fully saturated rings. The second-order valence-electron chi connectivity index (χ2n) is 4.59. The van der Waals surface area contributed by atoms with E-state index in [1.807, 2.05) is 24.3 Å². The molecule has 0 bridgehead atoms. The van der Waals surface area contributed by atoms with Crippen LogP contribution in [-0.2, 0) is 0 Å². The SMILES string of the molecule is Nc1ccccc1Oc1cccnc1Oc1ccccc1N. The van der Waals surface area contributed by atoms with Gasteiger partial charge in [0.05, 0.1) is 11.4 Å². The lowest BCUT2D eigenvalue weighted by atomic mass is 10.3. The third kappa shape index (κ3) is 2.93. The summed E-state index contributed by atoms with van der Waals surface area (Å²) in [6.07, 6.45) is 1.62. The predicted molar refractivity (Wildman–Crippen MR) is 86.1 cm³/mol. The van der Waals surface area contributed by atoms with Gasteiger partial charge in [0, 0.05) is 6.20 Å². The number of rotatable bonds is 4. The van der Waals surface area contributed by atoms with Crippen molar-refractivity contribution in [2.75, 3.05) is 11.5 Å². The fraction of sp³-hybridized carbons (Fsp3) is 0. The predicted octanol–water partition coefficient (Wildman–Crippen LogP) is 3.83. The molecule has 0 amide bonds. The highest BCUT2D eigenvalue weighted by Gasteiger charge is 2.11. The molecule has 0 spiro atoms. The molecule has 1 heterocycles. The molecule has 1 aromatic heterocycles. The van der Waals surface area contributed by atoms with Crippen LogP contribution in [-0.4, -0.2) is 4.98 Å². The number of anilines is 2. The molecule has 2 aromatic carbocycles. The van der Waals surface area contributed by atoms with Gasteiger partial charge in [-0.2, -0.15) is 0 Å². The largest absolute Gasteiger partial charge is 0.449 e. The average molecular weight is 293 g/mol. The molecule has 0 aliphatic heterocycles. The van der Waals surface area contributed by atoms with E-state index in [0.29, 0.717) is 34.5 Å². The number of nitrogens with zero attached hydrogens (tertiary/aromatic N) is 1. The van der Waals surface area contributed by atoms with Crippen LogP contribution in [0.1, 0.15) is 0 Å². The van der Waals surface area contributed by atoms with Crippen molar-refractivity contribution in [1.82, 2.24) is 4.98 Å². The minimum atomic E-state index is 0.323. The summed E-state index contributed by atoms with van der Waals surface area (Å²) in [5.41, 5.74) is 12.8. The summed E-state index contributed by atoms with van der Waals surface area (Å²) in [6, 6.07) is 17.9. The van der Waals surface area contributed by atoms with Crippen molar-refractivity contribution in [1.29, 1.82) is 0 Å². The molecule has 4 N–H and O–H groups in total. The Balaban J connectivity index is 1.91. The lowest BCUT2D eigenvalue weighted by Crippen LogP contribution is -1.97. The van der Waals surface area contributed by atoms with Crippen LogP contribution >= 0.6 is 0 Å². The Kier molecular flexibility index (Phi) is 3.78. The molecule has 0 saturated heterocycles. The third-order valence-corrected chi connectivity index (χ3v) is 3.00. The van der Waals surface area contributed by atoms with Crippen molar-refractivity contribution >= 4 is 11.4 Å². The first kappa shape index (κ1) is 13.8. The fourth-order valence-corrected chi connectivity index (χ4v) is 1.90. The molecule has 0 aliphatic rings. The maximum Gasteiger partial charge on any atom is 0.263 e. The van der Waals surface area contributed by atoms with Gasteiger partial charge >= 0.3 is 0 Å². The van der Waals surface area contributed by atoms with E-state index in [4.69, 9.17) is 20.9 Å². The summed E-state index contributed by atoms with van der Waals surface area (Å²) in [5.74, 6) is 1.85. The van der Waals surface area contributed by atoms with Crippen LogP contribution in [0.3, 0.4) is 0 Å². The Morgan fingerprint density at radius 1 is 0.636 bits per heavy atom. The van der Waals surface area contributed by atoms with Gasteiger partial charge in [0.15, 0.2) is 17.2 Å². The quantitative estimate of drug-likeness (QED) is 0.714. The number of hydrogen-bond donors (Lipinski definition) is 2. The standard InChI is InChI=1S/C17H15N3O2/c18-12-6-1-3-8-14(12)21-16-10-5-11-20-17(16)22-15-9-4-2-7-13(15)19/h1-11H,18-19H2. The molecule has 0 aliphatic carbocycles. The van der Waals surface area contributed by atoms with Gasteiger partial charge in [-0.25, -0.2) is 4.98 Å². The maximum atomic E-state index is 5.89. The summed E-state index contributed by atoms with van der Waals surface area (Å²) in [7, 11) is 0. The van der Waals surface area contributed by atoms with Gasteiger partial charge in [-0.05, 0) is 36.4 Å². The zero-order chi connectivity index (χ0) is 15.4. The molecule has 0 atom stereocenters. The smallest absolute Gasteiger partial charge is 0.263 e. The van der Waals surface area contributed by atoms with Gasteiger partial charge in [-0.3, -0.25) is 0 Å². The summed E-state index contributed by atoms with van der Waals surface area (Å²) in [6.45, 7) is 0. The van der Waals surface area contributed by atoms with E-state index in [2.05, 4.69) is 4.98 Å². The molecule has 0 radical (unpaired) electrons. The number of nitrogen functional groups attached to an aromatic ring is 2. The van der Waals surface area contributed by atoms with Crippen LogP contribution < -0.4 is 20.9 Å². The van der Waals surface area contributed by atoms with E-state index in [0.717, 1.165) is 0 Å². The van der Waals surface area contributed by atoms with E-state index in [9.17, 15) is 0 Å². The number of para-hydroxylation sites is 4. The first-order valence-corrected chi connectivity index (χ1v) is 6.74. The fourth-order valence-electron chi connectivity index (χ4n) is 1.90. The second-order valence-corrected chi connectivity index (χ2v) is 4.59. The topological polar surface area (TPSA) is 83.4 Å². The summed E-state index contributed by atoms with van der Waals surface area (Å²) >= 11 is 0. The number of ether oxygens (including phenoxy) is 2. The van der Waals surface area contributed by atoms with Crippen LogP contribution in [0.4, 0.5) is 11.4 Å². The van der Waals surface area contributed by atoms with Crippen molar-refractivity contribution in [2.45, 2.75) is 0 Å². The maximum absolute atomic E-state index is 5.89. The van der Waals surface area contributed by atoms with Crippen molar-refractivity contribution < 1.29 is 9.47 Å². The molecule has 3 rings (SSSR count). The minimum absolute atomic E-state index is 0.323. The highest BCUT2D eigenvalue weighted by Crippen LogP contribution is 2.35. The Labute approximate surface area is 128 Å². The Bertz CT molecular complexity index is 724. The number of benzene rings is 2. The van der Waals surface area contributed by atoms with Gasteiger partial charge in [0.1, 0.15) is 0 Å². The molecule has 110 valence electrons. The third-order valence-electron chi connectivity index (χ3n) is 3.00. The molecule has 5 heteroatoms. The van der Waals surface area contributed by atoms with E-state index in [1.54, 1.807) is 42.6 Å². The lowest BCUT2D eigenvalue weighted by molar-refractivity contribution is 0.407. The van der Waals surface area contributed by atoms with Crippen LogP contribution in [0.25, 0.3) is 0 Å². The van der Waals surface area contributed by atoms with Crippen molar-refractivity contribution in [3.63, 3.8) is 0 Å². The molecule has 22 heavy (non-hydrogen) atoms. The lowest BCUT2D eigenvalue weighted by Gasteiger charge is -2.13. The average Bonchev–Trinajstić information content (AvgIpc) is 2.53. The molecule has 0 unspecified atom stereocenters. The number of hydrogen-bond acceptors (Lipinski definition) is 5. The Morgan fingerprint density at radius 2 is 1.18 bits per heavy atom. The van der Waals surface area contributed by atoms with Crippen LogP contribution in [0.15, 0.2) is 66.9 Å². The van der Waals surface area contributed by atoms with E-state index in [-0.39, 0.29) is 0 Å². The summed E-state index contributed by atoms with van der Waals surface area (Å²) in [4.78, 5) is 4.20. The number of pyridine rings is 1. The first-order valence-electron chi connectivity index (χ1n) is 6.74. The first-order chi connectivity index (χ1) is 10.7. The van der Waals surface area contributed by atoms with Gasteiger partial charge in [0.25, 0.3) is 5.88 Å². The highest BCUT2D eigenvalue weighted by atomic mass is 16.5. The second kappa shape index (κ2) is 6.05. The monoisotopic (exact) mass is 293 g/mol. The van der Waals surface area contributed by atoms with Gasteiger partial charge < -0.3 is 20.9 Å². The van der Waals surface area contributed by atoms with Gasteiger partial charge in [-0.15, -0.1) is 0 Å². The molecule has 3 aromatic rings. The molecule has 0 saturated carbocycles. The molecular weight excluding hydrogens is 278 g/mol. The molecular formula is C17H15N3O2. The van der Waals surface area contributed by atoms with E-state index < -0.39 is 0 Å². The summed E-state index contributed by atoms with van der Waals surface area (Å²) < 4.78 is 11.5. The zero-order valence-electron chi connectivity index (χ0n) is 11.8. The summed E-state index contributed by atoms with van der Waals surface area (Å²) in [5, 5.41) is 0. The van der Waals surface area contributed by atoms with Gasteiger partial charge in [0.2, 0.25) is 0 Å². The normalized spacial score (nSPS) is 10.2. The zero-order valence-corrected chi connectivity index (χ0v) is 11.8. The van der Waals surface area contributed by atoms with Gasteiger partial charge in [-0.1, -0.05) is 24.3 Å². The Hall–Kier alpha value is -3.21. The van der Waals surface area contributed by atoms with Crippen molar-refractivity contribution in [3.8, 4) is 23.1 Å². The Morgan fingerprint density at radius 3 is 1.82 bits per heavy atom. The van der Waals surface area contributed by atoms with Crippen molar-refractivity contribution in [2.24, 2.45) is 0 Å². The van der Waals surface area contributed by atoms with Crippen molar-refractivity contribution in [3.05, 3.63) is 66.9 Å². The molecule has 5 nitrogen and oxygen atoms in total. The van der Waals surface area contributed by atoms with E-state index in [1.165, 1.54) is 0 Å². The minimum Gasteiger partial charge on any atom is -0.449 e. The number of aromatic nitrogens is 1. The van der Waals surface area contributed by atoms with Crippen LogP contribution in [0, 0.1) is 0 Å². The van der Waals surface area contributed by atoms with E-state index >= 15 is 0 Å². The van der Waals surface area contributed by atoms with Crippen LogP contribution in [0.5, 0.6) is 23.1 Å². The highest BCUT2D eigenvalue weighted by molar-refractivity contribution is 5.56.